The SMILES string of the molecule is Cc1cc(-c2cn3nc(C)c(C)nc3n2)ccc1NC(=O)C1CCN(S(C)(=O)=O)CC1. The lowest BCUT2D eigenvalue weighted by atomic mass is 9.97. The number of hydrogen-bond acceptors (Lipinski definition) is 6. The van der Waals surface area contributed by atoms with Crippen molar-refractivity contribution >= 4 is 27.4 Å². The topological polar surface area (TPSA) is 110 Å². The number of fused-ring (bicyclic) bond motifs is 1. The second-order valence-electron chi connectivity index (χ2n) is 8.11. The molecular formula is C21H26N6O3S. The van der Waals surface area contributed by atoms with Crippen LogP contribution in [0.4, 0.5) is 5.69 Å². The molecule has 1 aliphatic rings. The Kier molecular flexibility index (Phi) is 5.52. The van der Waals surface area contributed by atoms with E-state index >= 15 is 0 Å². The van der Waals surface area contributed by atoms with Crippen LogP contribution >= 0.6 is 0 Å². The molecule has 1 amide bonds. The van der Waals surface area contributed by atoms with E-state index in [4.69, 9.17) is 0 Å². The second kappa shape index (κ2) is 8.01. The molecule has 1 aromatic carbocycles. The highest BCUT2D eigenvalue weighted by molar-refractivity contribution is 7.88. The number of piperidine rings is 1. The number of anilines is 1. The van der Waals surface area contributed by atoms with E-state index in [9.17, 15) is 13.2 Å². The normalized spacial score (nSPS) is 16.0. The number of hydrogen-bond donors (Lipinski definition) is 1. The van der Waals surface area contributed by atoms with Crippen LogP contribution in [0.2, 0.25) is 0 Å². The van der Waals surface area contributed by atoms with Crippen LogP contribution in [0.1, 0.15) is 29.8 Å². The fraction of sp³-hybridized carbons (Fsp3) is 0.429. The van der Waals surface area contributed by atoms with Crippen LogP contribution < -0.4 is 5.32 Å². The van der Waals surface area contributed by atoms with E-state index in [2.05, 4.69) is 20.4 Å². The molecule has 4 rings (SSSR count). The molecule has 0 atom stereocenters. The van der Waals surface area contributed by atoms with Crippen molar-refractivity contribution in [1.82, 2.24) is 23.9 Å². The van der Waals surface area contributed by atoms with Crippen molar-refractivity contribution in [1.29, 1.82) is 0 Å². The Labute approximate surface area is 181 Å². The lowest BCUT2D eigenvalue weighted by Crippen LogP contribution is -2.40. The minimum absolute atomic E-state index is 0.0731. The summed E-state index contributed by atoms with van der Waals surface area (Å²) in [6.45, 7) is 6.51. The summed E-state index contributed by atoms with van der Waals surface area (Å²) in [6.07, 6.45) is 4.10. The highest BCUT2D eigenvalue weighted by Gasteiger charge is 2.29. The largest absolute Gasteiger partial charge is 0.326 e. The van der Waals surface area contributed by atoms with Gasteiger partial charge in [0.05, 0.1) is 29.5 Å². The highest BCUT2D eigenvalue weighted by atomic mass is 32.2. The van der Waals surface area contributed by atoms with Crippen LogP contribution in [0.15, 0.2) is 24.4 Å². The summed E-state index contributed by atoms with van der Waals surface area (Å²) < 4.78 is 26.4. The van der Waals surface area contributed by atoms with Crippen molar-refractivity contribution < 1.29 is 13.2 Å². The predicted octanol–water partition coefficient (Wildman–Crippen LogP) is 2.33. The van der Waals surface area contributed by atoms with Gasteiger partial charge in [0.25, 0.3) is 5.78 Å². The summed E-state index contributed by atoms with van der Waals surface area (Å²) in [5.41, 5.74) is 5.05. The quantitative estimate of drug-likeness (QED) is 0.664. The van der Waals surface area contributed by atoms with Crippen molar-refractivity contribution in [3.63, 3.8) is 0 Å². The minimum atomic E-state index is -3.20. The van der Waals surface area contributed by atoms with Crippen molar-refractivity contribution in [2.24, 2.45) is 5.92 Å². The van der Waals surface area contributed by atoms with Gasteiger partial charge in [0, 0.05) is 30.3 Å². The number of carbonyl (C=O) groups excluding carboxylic acids is 1. The van der Waals surface area contributed by atoms with E-state index < -0.39 is 10.0 Å². The molecular weight excluding hydrogens is 416 g/mol. The van der Waals surface area contributed by atoms with Gasteiger partial charge in [0.1, 0.15) is 0 Å². The van der Waals surface area contributed by atoms with Crippen LogP contribution in [0, 0.1) is 26.7 Å². The van der Waals surface area contributed by atoms with Crippen molar-refractivity contribution in [2.45, 2.75) is 33.6 Å². The molecule has 0 spiro atoms. The fourth-order valence-electron chi connectivity index (χ4n) is 3.76. The lowest BCUT2D eigenvalue weighted by Gasteiger charge is -2.29. The highest BCUT2D eigenvalue weighted by Crippen LogP contribution is 2.26. The Morgan fingerprint density at radius 1 is 1.10 bits per heavy atom. The molecule has 3 aromatic rings. The molecule has 0 radical (unpaired) electrons. The maximum Gasteiger partial charge on any atom is 0.251 e. The van der Waals surface area contributed by atoms with E-state index in [1.54, 1.807) is 4.52 Å². The van der Waals surface area contributed by atoms with Crippen LogP contribution in [0.3, 0.4) is 0 Å². The molecule has 1 saturated heterocycles. The van der Waals surface area contributed by atoms with Gasteiger partial charge in [-0.05, 0) is 51.3 Å². The summed E-state index contributed by atoms with van der Waals surface area (Å²) in [6, 6.07) is 5.76. The number of aromatic nitrogens is 4. The molecule has 164 valence electrons. The first-order chi connectivity index (χ1) is 14.6. The van der Waals surface area contributed by atoms with Gasteiger partial charge in [-0.15, -0.1) is 0 Å². The molecule has 1 aliphatic heterocycles. The Morgan fingerprint density at radius 3 is 2.45 bits per heavy atom. The number of imidazole rings is 1. The third-order valence-electron chi connectivity index (χ3n) is 5.79. The van der Waals surface area contributed by atoms with Gasteiger partial charge >= 0.3 is 0 Å². The minimum Gasteiger partial charge on any atom is -0.326 e. The zero-order valence-corrected chi connectivity index (χ0v) is 18.9. The van der Waals surface area contributed by atoms with E-state index in [0.717, 1.165) is 33.9 Å². The van der Waals surface area contributed by atoms with Gasteiger partial charge < -0.3 is 5.32 Å². The van der Waals surface area contributed by atoms with Crippen molar-refractivity contribution in [2.75, 3.05) is 24.7 Å². The molecule has 0 aliphatic carbocycles. The number of nitrogens with zero attached hydrogens (tertiary/aromatic N) is 5. The number of nitrogens with one attached hydrogen (secondary N) is 1. The number of rotatable bonds is 4. The lowest BCUT2D eigenvalue weighted by molar-refractivity contribution is -0.120. The summed E-state index contributed by atoms with van der Waals surface area (Å²) in [5.74, 6) is 0.281. The van der Waals surface area contributed by atoms with Crippen LogP contribution in [-0.4, -0.2) is 57.6 Å². The van der Waals surface area contributed by atoms with Crippen LogP contribution in [-0.2, 0) is 14.8 Å². The number of aryl methyl sites for hydroxylation is 3. The molecule has 0 saturated carbocycles. The third-order valence-corrected chi connectivity index (χ3v) is 7.10. The van der Waals surface area contributed by atoms with Gasteiger partial charge in [-0.1, -0.05) is 6.07 Å². The van der Waals surface area contributed by atoms with Gasteiger partial charge in [0.15, 0.2) is 0 Å². The Balaban J connectivity index is 1.47. The molecule has 0 bridgehead atoms. The summed E-state index contributed by atoms with van der Waals surface area (Å²) in [7, 11) is -3.20. The first-order valence-electron chi connectivity index (χ1n) is 10.2. The molecule has 1 N–H and O–H groups in total. The maximum absolute atomic E-state index is 12.7. The summed E-state index contributed by atoms with van der Waals surface area (Å²) in [5, 5.41) is 7.46. The maximum atomic E-state index is 12.7. The number of sulfonamides is 1. The molecule has 31 heavy (non-hydrogen) atoms. The second-order valence-corrected chi connectivity index (χ2v) is 10.1. The Hall–Kier alpha value is -2.85. The smallest absolute Gasteiger partial charge is 0.251 e. The number of amides is 1. The molecule has 1 fully saturated rings. The fourth-order valence-corrected chi connectivity index (χ4v) is 4.64. The molecule has 2 aromatic heterocycles. The average molecular weight is 443 g/mol. The summed E-state index contributed by atoms with van der Waals surface area (Å²) >= 11 is 0. The Morgan fingerprint density at radius 2 is 1.81 bits per heavy atom. The van der Waals surface area contributed by atoms with Gasteiger partial charge in [-0.25, -0.2) is 27.2 Å². The third kappa shape index (κ3) is 4.45. The molecule has 3 heterocycles. The van der Waals surface area contributed by atoms with Crippen LogP contribution in [0.25, 0.3) is 17.0 Å². The standard InChI is InChI=1S/C21H26N6O3S/c1-13-11-17(19-12-27-21(24-19)22-14(2)15(3)25-27)5-6-18(13)23-20(28)16-7-9-26(10-8-16)31(4,29)30/h5-6,11-12,16H,7-10H2,1-4H3,(H,23,28). The Bertz CT molecular complexity index is 1220. The first kappa shape index (κ1) is 21.4. The predicted molar refractivity (Wildman–Crippen MR) is 118 cm³/mol. The molecule has 10 heteroatoms. The van der Waals surface area contributed by atoms with Crippen LogP contribution in [0.5, 0.6) is 0 Å². The number of benzene rings is 1. The zero-order valence-electron chi connectivity index (χ0n) is 18.1. The molecule has 9 nitrogen and oxygen atoms in total. The van der Waals surface area contributed by atoms with E-state index in [-0.39, 0.29) is 11.8 Å². The van der Waals surface area contributed by atoms with Crippen molar-refractivity contribution in [3.8, 4) is 11.3 Å². The van der Waals surface area contributed by atoms with Gasteiger partial charge in [0.2, 0.25) is 15.9 Å². The van der Waals surface area contributed by atoms with Gasteiger partial charge in [-0.2, -0.15) is 5.10 Å². The van der Waals surface area contributed by atoms with Crippen molar-refractivity contribution in [3.05, 3.63) is 41.3 Å². The summed E-state index contributed by atoms with van der Waals surface area (Å²) in [4.78, 5) is 21.7. The molecule has 0 unspecified atom stereocenters. The first-order valence-corrected chi connectivity index (χ1v) is 12.0. The monoisotopic (exact) mass is 442 g/mol. The van der Waals surface area contributed by atoms with E-state index in [0.29, 0.717) is 31.7 Å². The van der Waals surface area contributed by atoms with E-state index in [1.165, 1.54) is 10.6 Å². The van der Waals surface area contributed by atoms with E-state index in [1.807, 2.05) is 45.2 Å². The average Bonchev–Trinajstić information content (AvgIpc) is 3.12. The van der Waals surface area contributed by atoms with Gasteiger partial charge in [-0.3, -0.25) is 4.79 Å². The zero-order chi connectivity index (χ0) is 22.3. The number of carbonyl (C=O) groups is 1.